The summed E-state index contributed by atoms with van der Waals surface area (Å²) in [6.07, 6.45) is 3.92. The number of anilines is 1. The lowest BCUT2D eigenvalue weighted by molar-refractivity contribution is -0.384. The molecule has 7 nitrogen and oxygen atoms in total. The van der Waals surface area contributed by atoms with Gasteiger partial charge in [-0.2, -0.15) is 0 Å². The zero-order chi connectivity index (χ0) is 14.8. The van der Waals surface area contributed by atoms with Gasteiger partial charge in [-0.25, -0.2) is 4.98 Å². The molecule has 1 atom stereocenters. The van der Waals surface area contributed by atoms with Gasteiger partial charge in [-0.3, -0.25) is 10.1 Å². The maximum atomic E-state index is 10.8. The number of aromatic nitrogens is 2. The number of nitrogens with zero attached hydrogens (tertiary/aromatic N) is 3. The second-order valence-corrected chi connectivity index (χ2v) is 5.37. The Balaban J connectivity index is 1.88. The van der Waals surface area contributed by atoms with Gasteiger partial charge < -0.3 is 15.0 Å². The highest BCUT2D eigenvalue weighted by atomic mass is 16.6. The molecule has 112 valence electrons. The van der Waals surface area contributed by atoms with Gasteiger partial charge in [0, 0.05) is 31.3 Å². The number of hydrogen-bond donors (Lipinski definition) is 2. The standard InChI is InChI=1S/C14H18N4O3/c19-8-2-4-10-3-1-7-17(10)14-15-12-6-5-11(18(20)21)9-13(12)16-14/h5-6,9-10,19H,1-4,7-8H2,(H,15,16). The second-order valence-electron chi connectivity index (χ2n) is 5.37. The quantitative estimate of drug-likeness (QED) is 0.650. The van der Waals surface area contributed by atoms with Crippen LogP contribution in [0.2, 0.25) is 0 Å². The van der Waals surface area contributed by atoms with E-state index in [1.165, 1.54) is 12.1 Å². The van der Waals surface area contributed by atoms with Crippen LogP contribution in [0.25, 0.3) is 11.0 Å². The van der Waals surface area contributed by atoms with Gasteiger partial charge in [0.1, 0.15) is 0 Å². The summed E-state index contributed by atoms with van der Waals surface area (Å²) in [7, 11) is 0. The first-order valence-electron chi connectivity index (χ1n) is 7.20. The minimum Gasteiger partial charge on any atom is -0.396 e. The molecule has 0 spiro atoms. The summed E-state index contributed by atoms with van der Waals surface area (Å²) >= 11 is 0. The van der Waals surface area contributed by atoms with Crippen LogP contribution in [-0.4, -0.2) is 39.2 Å². The van der Waals surface area contributed by atoms with Crippen LogP contribution in [0.15, 0.2) is 18.2 Å². The second kappa shape index (κ2) is 5.69. The number of aromatic amines is 1. The molecule has 2 aromatic rings. The third kappa shape index (κ3) is 2.69. The molecule has 1 aromatic heterocycles. The number of fused-ring (bicyclic) bond motifs is 1. The van der Waals surface area contributed by atoms with Gasteiger partial charge in [0.2, 0.25) is 5.95 Å². The number of rotatable bonds is 5. The molecule has 3 rings (SSSR count). The van der Waals surface area contributed by atoms with Gasteiger partial charge in [0.05, 0.1) is 16.0 Å². The lowest BCUT2D eigenvalue weighted by atomic mass is 10.1. The molecule has 0 saturated carbocycles. The van der Waals surface area contributed by atoms with Gasteiger partial charge in [0.25, 0.3) is 5.69 Å². The molecule has 1 saturated heterocycles. The smallest absolute Gasteiger partial charge is 0.271 e. The first kappa shape index (κ1) is 13.8. The zero-order valence-electron chi connectivity index (χ0n) is 11.7. The molecular weight excluding hydrogens is 272 g/mol. The molecule has 0 radical (unpaired) electrons. The number of non-ortho nitro benzene ring substituents is 1. The molecule has 1 unspecified atom stereocenters. The molecule has 1 aliphatic heterocycles. The largest absolute Gasteiger partial charge is 0.396 e. The molecule has 2 N–H and O–H groups in total. The van der Waals surface area contributed by atoms with E-state index in [1.54, 1.807) is 6.07 Å². The molecule has 0 amide bonds. The van der Waals surface area contributed by atoms with Crippen LogP contribution in [0.3, 0.4) is 0 Å². The van der Waals surface area contributed by atoms with E-state index >= 15 is 0 Å². The SMILES string of the molecule is O=[N+]([O-])c1ccc2nc(N3CCCC3CCCO)[nH]c2c1. The first-order chi connectivity index (χ1) is 10.2. The lowest BCUT2D eigenvalue weighted by Crippen LogP contribution is -2.30. The van der Waals surface area contributed by atoms with Crippen molar-refractivity contribution >= 4 is 22.7 Å². The van der Waals surface area contributed by atoms with Gasteiger partial charge >= 0.3 is 0 Å². The van der Waals surface area contributed by atoms with E-state index in [0.29, 0.717) is 11.6 Å². The lowest BCUT2D eigenvalue weighted by Gasteiger charge is -2.23. The maximum absolute atomic E-state index is 10.8. The maximum Gasteiger partial charge on any atom is 0.271 e. The number of nitro benzene ring substituents is 1. The Labute approximate surface area is 121 Å². The highest BCUT2D eigenvalue weighted by Gasteiger charge is 2.26. The monoisotopic (exact) mass is 290 g/mol. The average Bonchev–Trinajstić information content (AvgIpc) is 3.09. The van der Waals surface area contributed by atoms with E-state index in [4.69, 9.17) is 5.11 Å². The van der Waals surface area contributed by atoms with Crippen molar-refractivity contribution in [3.05, 3.63) is 28.3 Å². The van der Waals surface area contributed by atoms with Crippen LogP contribution in [0.4, 0.5) is 11.6 Å². The Morgan fingerprint density at radius 2 is 2.38 bits per heavy atom. The molecule has 7 heteroatoms. The van der Waals surface area contributed by atoms with Crippen molar-refractivity contribution < 1.29 is 10.0 Å². The van der Waals surface area contributed by atoms with Gasteiger partial charge in [-0.1, -0.05) is 0 Å². The minimum atomic E-state index is -0.403. The fourth-order valence-electron chi connectivity index (χ4n) is 2.98. The van der Waals surface area contributed by atoms with Gasteiger partial charge in [-0.05, 0) is 31.7 Å². The third-order valence-corrected chi connectivity index (χ3v) is 4.01. The Morgan fingerprint density at radius 3 is 3.14 bits per heavy atom. The van der Waals surface area contributed by atoms with Crippen LogP contribution >= 0.6 is 0 Å². The van der Waals surface area contributed by atoms with E-state index < -0.39 is 4.92 Å². The number of benzene rings is 1. The Kier molecular flexibility index (Phi) is 3.74. The van der Waals surface area contributed by atoms with Crippen molar-refractivity contribution in [3.8, 4) is 0 Å². The van der Waals surface area contributed by atoms with E-state index in [1.807, 2.05) is 0 Å². The van der Waals surface area contributed by atoms with Crippen molar-refractivity contribution in [2.45, 2.75) is 31.7 Å². The van der Waals surface area contributed by atoms with Crippen molar-refractivity contribution in [1.29, 1.82) is 0 Å². The average molecular weight is 290 g/mol. The molecule has 2 heterocycles. The summed E-state index contributed by atoms with van der Waals surface area (Å²) in [5, 5.41) is 19.8. The number of aliphatic hydroxyl groups is 1. The number of hydrogen-bond acceptors (Lipinski definition) is 5. The summed E-state index contributed by atoms with van der Waals surface area (Å²) in [6, 6.07) is 5.05. The predicted octanol–water partition coefficient (Wildman–Crippen LogP) is 2.21. The van der Waals surface area contributed by atoms with Crippen LogP contribution in [0.5, 0.6) is 0 Å². The van der Waals surface area contributed by atoms with Crippen LogP contribution in [-0.2, 0) is 0 Å². The topological polar surface area (TPSA) is 95.3 Å². The summed E-state index contributed by atoms with van der Waals surface area (Å²) < 4.78 is 0. The fraction of sp³-hybridized carbons (Fsp3) is 0.500. The number of nitrogens with one attached hydrogen (secondary N) is 1. The van der Waals surface area contributed by atoms with E-state index in [0.717, 1.165) is 43.7 Å². The molecule has 0 bridgehead atoms. The summed E-state index contributed by atoms with van der Waals surface area (Å²) in [4.78, 5) is 20.3. The van der Waals surface area contributed by atoms with Crippen LogP contribution in [0.1, 0.15) is 25.7 Å². The molecule has 1 aromatic carbocycles. The fourth-order valence-corrected chi connectivity index (χ4v) is 2.98. The Hall–Kier alpha value is -2.15. The highest BCUT2D eigenvalue weighted by Crippen LogP contribution is 2.28. The van der Waals surface area contributed by atoms with E-state index in [2.05, 4.69) is 14.9 Å². The van der Waals surface area contributed by atoms with Gasteiger partial charge in [-0.15, -0.1) is 0 Å². The normalized spacial score (nSPS) is 18.5. The highest BCUT2D eigenvalue weighted by molar-refractivity contribution is 5.80. The number of imidazole rings is 1. The molecule has 21 heavy (non-hydrogen) atoms. The van der Waals surface area contributed by atoms with Crippen molar-refractivity contribution in [2.75, 3.05) is 18.1 Å². The third-order valence-electron chi connectivity index (χ3n) is 4.01. The van der Waals surface area contributed by atoms with Crippen molar-refractivity contribution in [2.24, 2.45) is 0 Å². The summed E-state index contributed by atoms with van der Waals surface area (Å²) in [6.45, 7) is 1.13. The number of H-pyrrole nitrogens is 1. The van der Waals surface area contributed by atoms with E-state index in [-0.39, 0.29) is 12.3 Å². The predicted molar refractivity (Wildman–Crippen MR) is 79.4 cm³/mol. The molecule has 1 aliphatic rings. The first-order valence-corrected chi connectivity index (χ1v) is 7.20. The summed E-state index contributed by atoms with van der Waals surface area (Å²) in [5.41, 5.74) is 1.49. The molecule has 1 fully saturated rings. The van der Waals surface area contributed by atoms with Crippen molar-refractivity contribution in [1.82, 2.24) is 9.97 Å². The van der Waals surface area contributed by atoms with Gasteiger partial charge in [0.15, 0.2) is 0 Å². The zero-order valence-corrected chi connectivity index (χ0v) is 11.7. The Bertz CT molecular complexity index is 655. The number of aliphatic hydroxyl groups excluding tert-OH is 1. The Morgan fingerprint density at radius 1 is 1.52 bits per heavy atom. The van der Waals surface area contributed by atoms with Crippen molar-refractivity contribution in [3.63, 3.8) is 0 Å². The summed E-state index contributed by atoms with van der Waals surface area (Å²) in [5.74, 6) is 0.769. The van der Waals surface area contributed by atoms with Crippen LogP contribution < -0.4 is 4.90 Å². The molecule has 0 aliphatic carbocycles. The van der Waals surface area contributed by atoms with E-state index in [9.17, 15) is 10.1 Å². The minimum absolute atomic E-state index is 0.0657. The van der Waals surface area contributed by atoms with Crippen LogP contribution in [0, 0.1) is 10.1 Å². The number of nitro groups is 1. The molecular formula is C14H18N4O3.